The molecule has 0 aliphatic heterocycles. The summed E-state index contributed by atoms with van der Waals surface area (Å²) in [5.41, 5.74) is 2.66. The molecular weight excluding hydrogens is 426 g/mol. The molecule has 3 aromatic carbocycles. The molecule has 0 atom stereocenters. The Labute approximate surface area is 188 Å². The van der Waals surface area contributed by atoms with Crippen LogP contribution in [-0.2, 0) is 10.0 Å². The van der Waals surface area contributed by atoms with E-state index in [4.69, 9.17) is 18.0 Å². The minimum Gasteiger partial charge on any atom is -0.253 e. The van der Waals surface area contributed by atoms with Crippen molar-refractivity contribution in [2.75, 3.05) is 10.8 Å². The summed E-state index contributed by atoms with van der Waals surface area (Å²) >= 11 is 5.87. The number of halogens is 1. The molecule has 5 heteroatoms. The summed E-state index contributed by atoms with van der Waals surface area (Å²) in [5, 5.41) is 0.633. The van der Waals surface area contributed by atoms with Crippen molar-refractivity contribution < 1.29 is 8.42 Å². The fraction of sp³-hybridized carbons (Fsp3) is 0.0769. The third kappa shape index (κ3) is 5.50. The number of hydrogen-bond donors (Lipinski definition) is 0. The van der Waals surface area contributed by atoms with Gasteiger partial charge in [0.2, 0.25) is 0 Å². The molecule has 0 saturated carbocycles. The van der Waals surface area contributed by atoms with Gasteiger partial charge in [-0.15, -0.1) is 6.42 Å². The van der Waals surface area contributed by atoms with Crippen molar-refractivity contribution in [3.05, 3.63) is 94.5 Å². The Hall–Kier alpha value is -3.62. The van der Waals surface area contributed by atoms with E-state index in [0.29, 0.717) is 16.3 Å². The summed E-state index contributed by atoms with van der Waals surface area (Å²) in [4.78, 5) is 0.165. The highest BCUT2D eigenvalue weighted by molar-refractivity contribution is 7.92. The van der Waals surface area contributed by atoms with Crippen LogP contribution in [-0.4, -0.2) is 15.0 Å². The first-order valence-corrected chi connectivity index (χ1v) is 11.1. The Morgan fingerprint density at radius 1 is 0.903 bits per heavy atom. The molecule has 0 aliphatic carbocycles. The highest BCUT2D eigenvalue weighted by Crippen LogP contribution is 2.26. The third-order valence-corrected chi connectivity index (χ3v) is 6.35. The zero-order valence-corrected chi connectivity index (χ0v) is 18.3. The monoisotopic (exact) mass is 443 g/mol. The Balaban J connectivity index is 1.98. The van der Waals surface area contributed by atoms with Gasteiger partial charge in [0.05, 0.1) is 17.1 Å². The summed E-state index contributed by atoms with van der Waals surface area (Å²) in [7, 11) is -3.86. The van der Waals surface area contributed by atoms with Crippen molar-refractivity contribution in [2.45, 2.75) is 11.8 Å². The maximum absolute atomic E-state index is 13.3. The fourth-order valence-electron chi connectivity index (χ4n) is 2.75. The van der Waals surface area contributed by atoms with Gasteiger partial charge < -0.3 is 0 Å². The van der Waals surface area contributed by atoms with Gasteiger partial charge in [-0.05, 0) is 67.3 Å². The maximum Gasteiger partial charge on any atom is 0.265 e. The van der Waals surface area contributed by atoms with Crippen LogP contribution in [0.25, 0.3) is 0 Å². The molecule has 0 spiro atoms. The first-order chi connectivity index (χ1) is 14.9. The van der Waals surface area contributed by atoms with Gasteiger partial charge in [-0.1, -0.05) is 59.2 Å². The second-order valence-corrected chi connectivity index (χ2v) is 8.85. The van der Waals surface area contributed by atoms with Crippen LogP contribution >= 0.6 is 11.6 Å². The number of nitrogens with zero attached hydrogens (tertiary/aromatic N) is 1. The van der Waals surface area contributed by atoms with Crippen molar-refractivity contribution in [1.82, 2.24) is 0 Å². The van der Waals surface area contributed by atoms with E-state index in [0.717, 1.165) is 11.1 Å². The summed E-state index contributed by atoms with van der Waals surface area (Å²) in [5.74, 6) is 13.9. The lowest BCUT2D eigenvalue weighted by atomic mass is 10.2. The predicted octanol–water partition coefficient (Wildman–Crippen LogP) is 4.88. The van der Waals surface area contributed by atoms with Gasteiger partial charge in [-0.2, -0.15) is 0 Å². The predicted molar refractivity (Wildman–Crippen MR) is 126 cm³/mol. The minimum absolute atomic E-state index is 0.120. The quantitative estimate of drug-likeness (QED) is 0.539. The van der Waals surface area contributed by atoms with Crippen LogP contribution in [0, 0.1) is 42.9 Å². The number of hydrogen-bond acceptors (Lipinski definition) is 2. The molecule has 0 unspecified atom stereocenters. The lowest BCUT2D eigenvalue weighted by Gasteiger charge is -2.23. The third-order valence-electron chi connectivity index (χ3n) is 4.33. The standard InChI is InChI=1S/C26H18ClNO2S/c1-3-20-28(31(29,30)25-18-12-21(2)13-19-25)26-11-7-6-10-23(26)9-5-4-8-22-14-16-24(27)17-15-22/h1,6-7,10-19H,20H2,2H3. The van der Waals surface area contributed by atoms with E-state index in [-0.39, 0.29) is 11.4 Å². The van der Waals surface area contributed by atoms with E-state index in [1.54, 1.807) is 72.8 Å². The molecule has 0 radical (unpaired) electrons. The molecule has 3 aromatic rings. The normalized spacial score (nSPS) is 10.1. The van der Waals surface area contributed by atoms with E-state index in [1.165, 1.54) is 4.31 Å². The first kappa shape index (κ1) is 22.1. The van der Waals surface area contributed by atoms with Crippen LogP contribution in [0.1, 0.15) is 16.7 Å². The number of terminal acetylenes is 1. The van der Waals surface area contributed by atoms with Crippen molar-refractivity contribution >= 4 is 27.3 Å². The van der Waals surface area contributed by atoms with Gasteiger partial charge in [0.15, 0.2) is 0 Å². The van der Waals surface area contributed by atoms with Gasteiger partial charge in [-0.25, -0.2) is 8.42 Å². The number of para-hydroxylation sites is 1. The molecule has 152 valence electrons. The Kier molecular flexibility index (Phi) is 7.07. The van der Waals surface area contributed by atoms with Crippen LogP contribution in [0.5, 0.6) is 0 Å². The zero-order valence-electron chi connectivity index (χ0n) is 16.8. The molecule has 0 aliphatic rings. The fourth-order valence-corrected chi connectivity index (χ4v) is 4.28. The molecule has 0 amide bonds. The van der Waals surface area contributed by atoms with Crippen LogP contribution in [0.2, 0.25) is 5.02 Å². The second-order valence-electron chi connectivity index (χ2n) is 6.55. The molecule has 0 bridgehead atoms. The van der Waals surface area contributed by atoms with E-state index in [2.05, 4.69) is 29.6 Å². The topological polar surface area (TPSA) is 37.4 Å². The van der Waals surface area contributed by atoms with Crippen molar-refractivity contribution in [3.63, 3.8) is 0 Å². The SMILES string of the molecule is C#CCN(c1ccccc1C#CC#Cc1ccc(Cl)cc1)S(=O)(=O)c1ccc(C)cc1. The van der Waals surface area contributed by atoms with Gasteiger partial charge in [0.25, 0.3) is 10.0 Å². The lowest BCUT2D eigenvalue weighted by molar-refractivity contribution is 0.593. The number of anilines is 1. The first-order valence-electron chi connectivity index (χ1n) is 9.31. The van der Waals surface area contributed by atoms with Crippen molar-refractivity contribution in [1.29, 1.82) is 0 Å². The molecule has 3 rings (SSSR count). The van der Waals surface area contributed by atoms with E-state index in [9.17, 15) is 8.42 Å². The zero-order chi connectivity index (χ0) is 22.3. The molecular formula is C26H18ClNO2S. The Bertz CT molecular complexity index is 1350. The number of aryl methyl sites for hydroxylation is 1. The second kappa shape index (κ2) is 9.92. The summed E-state index contributed by atoms with van der Waals surface area (Å²) < 4.78 is 27.7. The number of sulfonamides is 1. The van der Waals surface area contributed by atoms with Gasteiger partial charge in [0, 0.05) is 16.1 Å². The minimum atomic E-state index is -3.86. The molecule has 0 saturated heterocycles. The Morgan fingerprint density at radius 3 is 2.23 bits per heavy atom. The molecule has 0 fully saturated rings. The number of rotatable bonds is 4. The smallest absolute Gasteiger partial charge is 0.253 e. The number of benzene rings is 3. The highest BCUT2D eigenvalue weighted by Gasteiger charge is 2.25. The lowest BCUT2D eigenvalue weighted by Crippen LogP contribution is -2.32. The summed E-state index contributed by atoms with van der Waals surface area (Å²) in [6.07, 6.45) is 5.49. The highest BCUT2D eigenvalue weighted by atomic mass is 35.5. The van der Waals surface area contributed by atoms with Crippen LogP contribution in [0.3, 0.4) is 0 Å². The average molecular weight is 444 g/mol. The maximum atomic E-state index is 13.3. The van der Waals surface area contributed by atoms with E-state index in [1.807, 2.05) is 6.92 Å². The molecule has 0 N–H and O–H groups in total. The molecule has 31 heavy (non-hydrogen) atoms. The van der Waals surface area contributed by atoms with Crippen LogP contribution in [0.4, 0.5) is 5.69 Å². The van der Waals surface area contributed by atoms with Gasteiger partial charge in [0.1, 0.15) is 0 Å². The Morgan fingerprint density at radius 2 is 1.55 bits per heavy atom. The van der Waals surface area contributed by atoms with Gasteiger partial charge >= 0.3 is 0 Å². The van der Waals surface area contributed by atoms with Crippen molar-refractivity contribution in [3.8, 4) is 36.0 Å². The molecule has 0 heterocycles. The van der Waals surface area contributed by atoms with Crippen molar-refractivity contribution in [2.24, 2.45) is 0 Å². The van der Waals surface area contributed by atoms with Crippen LogP contribution < -0.4 is 4.31 Å². The van der Waals surface area contributed by atoms with Gasteiger partial charge in [-0.3, -0.25) is 4.31 Å². The van der Waals surface area contributed by atoms with Crippen LogP contribution in [0.15, 0.2) is 77.7 Å². The molecule has 3 nitrogen and oxygen atoms in total. The molecule has 0 aromatic heterocycles. The van der Waals surface area contributed by atoms with E-state index < -0.39 is 10.0 Å². The largest absolute Gasteiger partial charge is 0.265 e. The summed E-state index contributed by atoms with van der Waals surface area (Å²) in [6, 6.07) is 20.7. The van der Waals surface area contributed by atoms with E-state index >= 15 is 0 Å². The average Bonchev–Trinajstić information content (AvgIpc) is 2.77. The summed E-state index contributed by atoms with van der Waals surface area (Å²) in [6.45, 7) is 1.77.